The van der Waals surface area contributed by atoms with Crippen molar-refractivity contribution in [1.29, 1.82) is 0 Å². The van der Waals surface area contributed by atoms with E-state index in [1.54, 1.807) is 0 Å². The predicted molar refractivity (Wildman–Crippen MR) is 61.4 cm³/mol. The van der Waals surface area contributed by atoms with E-state index >= 15 is 0 Å². The van der Waals surface area contributed by atoms with E-state index in [0.29, 0.717) is 6.61 Å². The van der Waals surface area contributed by atoms with Crippen molar-refractivity contribution in [3.63, 3.8) is 0 Å². The first-order valence-corrected chi connectivity index (χ1v) is 6.41. The lowest BCUT2D eigenvalue weighted by molar-refractivity contribution is 0.287. The molecule has 0 aliphatic carbocycles. The van der Waals surface area contributed by atoms with Gasteiger partial charge in [0.25, 0.3) is 0 Å². The van der Waals surface area contributed by atoms with Crippen molar-refractivity contribution in [3.8, 4) is 0 Å². The molecule has 0 aliphatic rings. The van der Waals surface area contributed by atoms with Crippen LogP contribution in [-0.2, 0) is 0 Å². The van der Waals surface area contributed by atoms with Crippen LogP contribution in [0.3, 0.4) is 0 Å². The van der Waals surface area contributed by atoms with Crippen LogP contribution in [0.25, 0.3) is 0 Å². The van der Waals surface area contributed by atoms with Crippen molar-refractivity contribution < 1.29 is 5.11 Å². The minimum absolute atomic E-state index is 0.344. The molecule has 0 unspecified atom stereocenters. The molecule has 0 amide bonds. The molecule has 0 aromatic carbocycles. The van der Waals surface area contributed by atoms with Crippen molar-refractivity contribution >= 4 is 11.8 Å². The zero-order valence-corrected chi connectivity index (χ0v) is 9.78. The number of thioether (sulfide) groups is 1. The first kappa shape index (κ1) is 13.3. The molecule has 0 bridgehead atoms. The molecular formula is C10H23NOS. The van der Waals surface area contributed by atoms with E-state index in [2.05, 4.69) is 18.7 Å². The van der Waals surface area contributed by atoms with Crippen LogP contribution in [0.2, 0.25) is 0 Å². The van der Waals surface area contributed by atoms with Crippen LogP contribution >= 0.6 is 11.8 Å². The van der Waals surface area contributed by atoms with Gasteiger partial charge in [-0.25, -0.2) is 0 Å². The number of aliphatic hydroxyl groups excluding tert-OH is 1. The van der Waals surface area contributed by atoms with Gasteiger partial charge in [0.15, 0.2) is 0 Å². The molecule has 2 nitrogen and oxygen atoms in total. The number of hydrogen-bond acceptors (Lipinski definition) is 3. The first-order chi connectivity index (χ1) is 6.35. The number of nitrogens with zero attached hydrogens (tertiary/aromatic N) is 1. The highest BCUT2D eigenvalue weighted by Crippen LogP contribution is 2.04. The van der Waals surface area contributed by atoms with Gasteiger partial charge in [0.05, 0.1) is 0 Å². The molecule has 0 atom stereocenters. The maximum absolute atomic E-state index is 8.57. The molecule has 0 aromatic rings. The third-order valence-electron chi connectivity index (χ3n) is 2.14. The van der Waals surface area contributed by atoms with E-state index in [1.807, 2.05) is 11.8 Å². The maximum Gasteiger partial charge on any atom is 0.0431 e. The molecule has 0 spiro atoms. The van der Waals surface area contributed by atoms with Crippen LogP contribution in [0.4, 0.5) is 0 Å². The van der Waals surface area contributed by atoms with E-state index in [-0.39, 0.29) is 0 Å². The van der Waals surface area contributed by atoms with E-state index in [1.165, 1.54) is 18.1 Å². The molecule has 80 valence electrons. The lowest BCUT2D eigenvalue weighted by Gasteiger charge is -2.17. The fraction of sp³-hybridized carbons (Fsp3) is 1.00. The molecule has 0 rings (SSSR count). The molecule has 3 heteroatoms. The minimum Gasteiger partial charge on any atom is -0.396 e. The predicted octanol–water partition coefficient (Wildman–Crippen LogP) is 1.83. The van der Waals surface area contributed by atoms with Gasteiger partial charge in [0.1, 0.15) is 0 Å². The third kappa shape index (κ3) is 8.60. The zero-order valence-electron chi connectivity index (χ0n) is 8.96. The summed E-state index contributed by atoms with van der Waals surface area (Å²) in [5.41, 5.74) is 0. The Hall–Kier alpha value is 0.270. The third-order valence-corrected chi connectivity index (χ3v) is 3.19. The van der Waals surface area contributed by atoms with Crippen LogP contribution in [0.1, 0.15) is 26.7 Å². The summed E-state index contributed by atoms with van der Waals surface area (Å²) >= 11 is 2.00. The fourth-order valence-corrected chi connectivity index (χ4v) is 2.15. The summed E-state index contributed by atoms with van der Waals surface area (Å²) in [6.45, 7) is 8.29. The van der Waals surface area contributed by atoms with E-state index in [9.17, 15) is 0 Å². The molecule has 1 N–H and O–H groups in total. The Kier molecular flexibility index (Phi) is 10.6. The van der Waals surface area contributed by atoms with Gasteiger partial charge in [-0.2, -0.15) is 11.8 Å². The number of aliphatic hydroxyl groups is 1. The lowest BCUT2D eigenvalue weighted by Crippen LogP contribution is -2.25. The van der Waals surface area contributed by atoms with Crippen LogP contribution < -0.4 is 0 Å². The van der Waals surface area contributed by atoms with Gasteiger partial charge >= 0.3 is 0 Å². The summed E-state index contributed by atoms with van der Waals surface area (Å²) < 4.78 is 0. The van der Waals surface area contributed by atoms with Gasteiger partial charge in [-0.1, -0.05) is 13.8 Å². The van der Waals surface area contributed by atoms with E-state index in [0.717, 1.165) is 25.9 Å². The monoisotopic (exact) mass is 205 g/mol. The molecular weight excluding hydrogens is 182 g/mol. The Morgan fingerprint density at radius 1 is 1.08 bits per heavy atom. The Bertz CT molecular complexity index is 96.9. The summed E-state index contributed by atoms with van der Waals surface area (Å²) in [4.78, 5) is 2.44. The second kappa shape index (κ2) is 10.4. The Morgan fingerprint density at radius 3 is 2.31 bits per heavy atom. The molecule has 0 saturated heterocycles. The van der Waals surface area contributed by atoms with Crippen molar-refractivity contribution in [3.05, 3.63) is 0 Å². The highest BCUT2D eigenvalue weighted by atomic mass is 32.2. The molecule has 0 aliphatic heterocycles. The Morgan fingerprint density at radius 2 is 1.77 bits per heavy atom. The second-order valence-electron chi connectivity index (χ2n) is 3.07. The molecule has 0 fully saturated rings. The SMILES string of the molecule is CCN(CC)CCSCCCCO. The van der Waals surface area contributed by atoms with Gasteiger partial charge in [-0.15, -0.1) is 0 Å². The molecule has 0 radical (unpaired) electrons. The normalized spacial score (nSPS) is 11.1. The Labute approximate surface area is 86.7 Å². The van der Waals surface area contributed by atoms with Gasteiger partial charge in [-0.3, -0.25) is 0 Å². The van der Waals surface area contributed by atoms with Gasteiger partial charge in [0.2, 0.25) is 0 Å². The molecule has 13 heavy (non-hydrogen) atoms. The summed E-state index contributed by atoms with van der Waals surface area (Å²) in [5, 5.41) is 8.57. The number of rotatable bonds is 9. The van der Waals surface area contributed by atoms with Crippen LogP contribution in [0.15, 0.2) is 0 Å². The lowest BCUT2D eigenvalue weighted by atomic mass is 10.4. The Balaban J connectivity index is 3.05. The van der Waals surface area contributed by atoms with E-state index < -0.39 is 0 Å². The van der Waals surface area contributed by atoms with Gasteiger partial charge in [0, 0.05) is 18.9 Å². The number of hydrogen-bond donors (Lipinski definition) is 1. The summed E-state index contributed by atoms with van der Waals surface area (Å²) in [7, 11) is 0. The first-order valence-electron chi connectivity index (χ1n) is 5.26. The highest BCUT2D eigenvalue weighted by Gasteiger charge is 1.97. The van der Waals surface area contributed by atoms with Crippen molar-refractivity contribution in [2.75, 3.05) is 37.7 Å². The smallest absolute Gasteiger partial charge is 0.0431 e. The second-order valence-corrected chi connectivity index (χ2v) is 4.29. The number of unbranched alkanes of at least 4 members (excludes halogenated alkanes) is 1. The largest absolute Gasteiger partial charge is 0.396 e. The molecule has 0 aromatic heterocycles. The van der Waals surface area contributed by atoms with E-state index in [4.69, 9.17) is 5.11 Å². The minimum atomic E-state index is 0.344. The summed E-state index contributed by atoms with van der Waals surface area (Å²) in [6, 6.07) is 0. The maximum atomic E-state index is 8.57. The van der Waals surface area contributed by atoms with Crippen LogP contribution in [-0.4, -0.2) is 47.8 Å². The molecule has 0 saturated carbocycles. The van der Waals surface area contributed by atoms with Gasteiger partial charge < -0.3 is 10.0 Å². The van der Waals surface area contributed by atoms with Crippen molar-refractivity contribution in [2.24, 2.45) is 0 Å². The summed E-state index contributed by atoms with van der Waals surface area (Å²) in [5.74, 6) is 2.43. The average molecular weight is 205 g/mol. The zero-order chi connectivity index (χ0) is 9.94. The topological polar surface area (TPSA) is 23.5 Å². The molecule has 0 heterocycles. The van der Waals surface area contributed by atoms with Crippen molar-refractivity contribution in [2.45, 2.75) is 26.7 Å². The van der Waals surface area contributed by atoms with Crippen LogP contribution in [0, 0.1) is 0 Å². The standard InChI is InChI=1S/C10H23NOS/c1-3-11(4-2)7-10-13-9-6-5-8-12/h12H,3-10H2,1-2H3. The summed E-state index contributed by atoms with van der Waals surface area (Å²) in [6.07, 6.45) is 2.11. The van der Waals surface area contributed by atoms with Gasteiger partial charge in [-0.05, 0) is 31.7 Å². The van der Waals surface area contributed by atoms with Crippen LogP contribution in [0.5, 0.6) is 0 Å². The van der Waals surface area contributed by atoms with Crippen molar-refractivity contribution in [1.82, 2.24) is 4.90 Å². The fourth-order valence-electron chi connectivity index (χ4n) is 1.15. The quantitative estimate of drug-likeness (QED) is 0.581. The average Bonchev–Trinajstić information content (AvgIpc) is 2.17. The highest BCUT2D eigenvalue weighted by molar-refractivity contribution is 7.99.